The summed E-state index contributed by atoms with van der Waals surface area (Å²) in [4.78, 5) is 30.5. The Hall–Kier alpha value is -3.65. The zero-order valence-corrected chi connectivity index (χ0v) is 18.8. The summed E-state index contributed by atoms with van der Waals surface area (Å²) in [5.41, 5.74) is 5.51. The lowest BCUT2D eigenvalue weighted by atomic mass is 10.1. The van der Waals surface area contributed by atoms with Crippen molar-refractivity contribution in [2.75, 3.05) is 5.43 Å². The fourth-order valence-electron chi connectivity index (χ4n) is 3.53. The van der Waals surface area contributed by atoms with Crippen molar-refractivity contribution in [3.8, 4) is 0 Å². The lowest BCUT2D eigenvalue weighted by molar-refractivity contribution is 0.655. The normalized spacial score (nSPS) is 11.8. The molecule has 32 heavy (non-hydrogen) atoms. The third-order valence-corrected chi connectivity index (χ3v) is 5.52. The van der Waals surface area contributed by atoms with Crippen LogP contribution in [0.25, 0.3) is 11.2 Å². The first-order chi connectivity index (χ1) is 15.3. The number of hydrogen-bond acceptors (Lipinski definition) is 5. The standard InChI is InChI=1S/C23H23ClN6O2/c1-15(13-16-7-5-4-6-8-16)26-27-22-25-20-19(28(22)2)21(31)30(23(32)29(20)3)14-17-9-11-18(24)12-10-17/h4-12H,13-14H2,1-3H3,(H,25,27)/b26-15+. The number of aromatic nitrogens is 4. The monoisotopic (exact) mass is 450 g/mol. The van der Waals surface area contributed by atoms with Crippen LogP contribution in [0, 0.1) is 0 Å². The number of fused-ring (bicyclic) bond motifs is 1. The van der Waals surface area contributed by atoms with Gasteiger partial charge in [-0.2, -0.15) is 10.1 Å². The summed E-state index contributed by atoms with van der Waals surface area (Å²) < 4.78 is 4.19. The zero-order valence-electron chi connectivity index (χ0n) is 18.0. The third kappa shape index (κ3) is 4.22. The number of anilines is 1. The summed E-state index contributed by atoms with van der Waals surface area (Å²) in [5.74, 6) is 0.378. The number of hydrogen-bond donors (Lipinski definition) is 1. The molecule has 4 rings (SSSR count). The maximum atomic E-state index is 13.2. The maximum absolute atomic E-state index is 13.2. The molecule has 2 heterocycles. The molecule has 0 aliphatic heterocycles. The minimum Gasteiger partial charge on any atom is -0.306 e. The molecule has 0 fully saturated rings. The van der Waals surface area contributed by atoms with Crippen LogP contribution in [0.15, 0.2) is 69.3 Å². The summed E-state index contributed by atoms with van der Waals surface area (Å²) in [6, 6.07) is 17.0. The van der Waals surface area contributed by atoms with E-state index in [9.17, 15) is 9.59 Å². The van der Waals surface area contributed by atoms with Crippen molar-refractivity contribution < 1.29 is 0 Å². The number of nitrogens with zero attached hydrogens (tertiary/aromatic N) is 5. The number of aryl methyl sites for hydroxylation is 2. The van der Waals surface area contributed by atoms with Crippen molar-refractivity contribution in [1.29, 1.82) is 0 Å². The van der Waals surface area contributed by atoms with Gasteiger partial charge >= 0.3 is 5.69 Å². The molecule has 0 unspecified atom stereocenters. The van der Waals surface area contributed by atoms with E-state index in [4.69, 9.17) is 11.6 Å². The SMILES string of the molecule is C/C(Cc1ccccc1)=N\Nc1nc2c(c(=O)n(Cc3ccc(Cl)cc3)c(=O)n2C)n1C. The van der Waals surface area contributed by atoms with Crippen LogP contribution >= 0.6 is 11.6 Å². The molecule has 8 nitrogen and oxygen atoms in total. The largest absolute Gasteiger partial charge is 0.332 e. The van der Waals surface area contributed by atoms with Gasteiger partial charge in [-0.1, -0.05) is 54.1 Å². The lowest BCUT2D eigenvalue weighted by Gasteiger charge is -2.09. The van der Waals surface area contributed by atoms with Gasteiger partial charge in [-0.15, -0.1) is 0 Å². The Morgan fingerprint density at radius 2 is 1.69 bits per heavy atom. The zero-order chi connectivity index (χ0) is 22.8. The van der Waals surface area contributed by atoms with Crippen molar-refractivity contribution in [3.63, 3.8) is 0 Å². The van der Waals surface area contributed by atoms with Crippen LogP contribution in [-0.2, 0) is 27.1 Å². The van der Waals surface area contributed by atoms with Gasteiger partial charge in [-0.05, 0) is 30.2 Å². The first-order valence-electron chi connectivity index (χ1n) is 10.1. The van der Waals surface area contributed by atoms with Crippen molar-refractivity contribution in [2.24, 2.45) is 19.2 Å². The second-order valence-corrected chi connectivity index (χ2v) is 8.08. The van der Waals surface area contributed by atoms with Gasteiger partial charge in [0.1, 0.15) is 0 Å². The van der Waals surface area contributed by atoms with E-state index in [-0.39, 0.29) is 6.54 Å². The van der Waals surface area contributed by atoms with Crippen molar-refractivity contribution in [2.45, 2.75) is 19.9 Å². The Bertz CT molecular complexity index is 1420. The maximum Gasteiger partial charge on any atom is 0.332 e. The summed E-state index contributed by atoms with van der Waals surface area (Å²) >= 11 is 5.94. The summed E-state index contributed by atoms with van der Waals surface area (Å²) in [6.45, 7) is 2.05. The molecular formula is C23H23ClN6O2. The highest BCUT2D eigenvalue weighted by molar-refractivity contribution is 6.30. The van der Waals surface area contributed by atoms with Crippen LogP contribution in [0.1, 0.15) is 18.1 Å². The fourth-order valence-corrected chi connectivity index (χ4v) is 3.66. The Kier molecular flexibility index (Phi) is 5.96. The first kappa shape index (κ1) is 21.6. The first-order valence-corrected chi connectivity index (χ1v) is 10.5. The van der Waals surface area contributed by atoms with Gasteiger partial charge in [0.15, 0.2) is 11.2 Å². The van der Waals surface area contributed by atoms with Gasteiger partial charge in [0, 0.05) is 31.3 Å². The number of hydrazone groups is 1. The number of imidazole rings is 1. The van der Waals surface area contributed by atoms with E-state index in [0.29, 0.717) is 28.6 Å². The highest BCUT2D eigenvalue weighted by atomic mass is 35.5. The molecule has 0 saturated carbocycles. The van der Waals surface area contributed by atoms with Crippen LogP contribution < -0.4 is 16.7 Å². The molecule has 0 radical (unpaired) electrons. The molecule has 0 atom stereocenters. The fraction of sp³-hybridized carbons (Fsp3) is 0.217. The summed E-state index contributed by atoms with van der Waals surface area (Å²) in [5, 5.41) is 4.99. The molecule has 1 N–H and O–H groups in total. The second kappa shape index (κ2) is 8.84. The van der Waals surface area contributed by atoms with Crippen LogP contribution in [-0.4, -0.2) is 24.4 Å². The van der Waals surface area contributed by atoms with E-state index < -0.39 is 11.2 Å². The van der Waals surface area contributed by atoms with E-state index in [1.165, 1.54) is 9.13 Å². The van der Waals surface area contributed by atoms with E-state index in [0.717, 1.165) is 16.8 Å². The van der Waals surface area contributed by atoms with Gasteiger partial charge in [-0.25, -0.2) is 10.2 Å². The molecule has 0 spiro atoms. The molecule has 2 aromatic heterocycles. The second-order valence-electron chi connectivity index (χ2n) is 7.65. The quantitative estimate of drug-likeness (QED) is 0.361. The Morgan fingerprint density at radius 3 is 2.38 bits per heavy atom. The smallest absolute Gasteiger partial charge is 0.306 e. The molecule has 9 heteroatoms. The minimum absolute atomic E-state index is 0.140. The molecule has 4 aromatic rings. The lowest BCUT2D eigenvalue weighted by Crippen LogP contribution is -2.39. The highest BCUT2D eigenvalue weighted by Crippen LogP contribution is 2.14. The minimum atomic E-state index is -0.439. The van der Waals surface area contributed by atoms with Crippen LogP contribution in [0.3, 0.4) is 0 Å². The van der Waals surface area contributed by atoms with Gasteiger partial charge in [0.05, 0.1) is 6.54 Å². The number of halogens is 1. The molecule has 0 aliphatic rings. The molecule has 0 amide bonds. The van der Waals surface area contributed by atoms with Crippen molar-refractivity contribution in [1.82, 2.24) is 18.7 Å². The van der Waals surface area contributed by atoms with Crippen molar-refractivity contribution >= 4 is 34.4 Å². The van der Waals surface area contributed by atoms with E-state index >= 15 is 0 Å². The molecule has 2 aromatic carbocycles. The molecular weight excluding hydrogens is 428 g/mol. The van der Waals surface area contributed by atoms with Gasteiger partial charge in [-0.3, -0.25) is 13.9 Å². The average Bonchev–Trinajstić information content (AvgIpc) is 3.12. The van der Waals surface area contributed by atoms with Gasteiger partial charge < -0.3 is 4.57 Å². The molecule has 164 valence electrons. The Morgan fingerprint density at radius 1 is 1.00 bits per heavy atom. The predicted molar refractivity (Wildman–Crippen MR) is 128 cm³/mol. The Balaban J connectivity index is 1.68. The average molecular weight is 451 g/mol. The van der Waals surface area contributed by atoms with E-state index in [2.05, 4.69) is 15.5 Å². The molecule has 0 aliphatic carbocycles. The van der Waals surface area contributed by atoms with E-state index in [1.807, 2.05) is 37.3 Å². The topological polar surface area (TPSA) is 86.2 Å². The Labute approximate surface area is 189 Å². The third-order valence-electron chi connectivity index (χ3n) is 5.26. The van der Waals surface area contributed by atoms with Crippen LogP contribution in [0.5, 0.6) is 0 Å². The number of nitrogens with one attached hydrogen (secondary N) is 1. The predicted octanol–water partition coefficient (Wildman–Crippen LogP) is 3.17. The van der Waals surface area contributed by atoms with Crippen LogP contribution in [0.4, 0.5) is 5.95 Å². The van der Waals surface area contributed by atoms with E-state index in [1.54, 1.807) is 42.9 Å². The molecule has 0 bridgehead atoms. The van der Waals surface area contributed by atoms with Gasteiger partial charge in [0.2, 0.25) is 5.95 Å². The summed E-state index contributed by atoms with van der Waals surface area (Å²) in [7, 11) is 3.32. The van der Waals surface area contributed by atoms with Crippen molar-refractivity contribution in [3.05, 3.63) is 91.6 Å². The van der Waals surface area contributed by atoms with Gasteiger partial charge in [0.25, 0.3) is 5.56 Å². The van der Waals surface area contributed by atoms with Crippen LogP contribution in [0.2, 0.25) is 5.02 Å². The highest BCUT2D eigenvalue weighted by Gasteiger charge is 2.18. The summed E-state index contributed by atoms with van der Waals surface area (Å²) in [6.07, 6.45) is 0.685. The molecule has 0 saturated heterocycles. The number of benzene rings is 2. The number of rotatable bonds is 6.